The van der Waals surface area contributed by atoms with Crippen LogP contribution in [0.3, 0.4) is 0 Å². The highest BCUT2D eigenvalue weighted by Crippen LogP contribution is 2.31. The molecule has 1 aliphatic heterocycles. The second kappa shape index (κ2) is 7.99. The molecule has 1 aliphatic rings. The number of aliphatic hydroxyl groups is 3. The summed E-state index contributed by atoms with van der Waals surface area (Å²) in [5.74, 6) is -0.154. The predicted molar refractivity (Wildman–Crippen MR) is 94.6 cm³/mol. The number of ether oxygens (including phenoxy) is 1. The normalized spacial score (nSPS) is 25.5. The summed E-state index contributed by atoms with van der Waals surface area (Å²) in [5, 5.41) is 38.0. The van der Waals surface area contributed by atoms with Crippen molar-refractivity contribution in [1.29, 1.82) is 5.26 Å². The van der Waals surface area contributed by atoms with Crippen molar-refractivity contribution in [3.05, 3.63) is 65.2 Å². The Morgan fingerprint density at radius 2 is 1.58 bits per heavy atom. The number of carbonyl (C=O) groups excluding carboxylic acids is 1. The van der Waals surface area contributed by atoms with E-state index in [1.807, 2.05) is 6.07 Å². The fourth-order valence-corrected chi connectivity index (χ4v) is 3.57. The zero-order chi connectivity index (χ0) is 18.7. The fourth-order valence-electron chi connectivity index (χ4n) is 2.56. The van der Waals surface area contributed by atoms with Crippen molar-refractivity contribution in [2.24, 2.45) is 0 Å². The summed E-state index contributed by atoms with van der Waals surface area (Å²) in [6.07, 6.45) is -3.56. The Balaban J connectivity index is 1.68. The summed E-state index contributed by atoms with van der Waals surface area (Å²) in [5.41, 5.74) is 0.785. The number of aliphatic hydroxyl groups excluding tert-OH is 3. The van der Waals surface area contributed by atoms with Crippen LogP contribution >= 0.6 is 11.8 Å². The lowest BCUT2D eigenvalue weighted by Gasteiger charge is -2.34. The van der Waals surface area contributed by atoms with Crippen LogP contribution in [0.2, 0.25) is 0 Å². The maximum atomic E-state index is 12.5. The number of nitriles is 1. The van der Waals surface area contributed by atoms with E-state index in [9.17, 15) is 20.1 Å². The van der Waals surface area contributed by atoms with Crippen LogP contribution in [0.4, 0.5) is 0 Å². The van der Waals surface area contributed by atoms with Crippen molar-refractivity contribution in [1.82, 2.24) is 0 Å². The molecular formula is C19H17NO5S. The highest BCUT2D eigenvalue weighted by molar-refractivity contribution is 7.99. The molecule has 0 radical (unpaired) electrons. The Kier molecular flexibility index (Phi) is 5.71. The van der Waals surface area contributed by atoms with Crippen molar-refractivity contribution in [3.8, 4) is 6.07 Å². The van der Waals surface area contributed by atoms with Gasteiger partial charge in [0.2, 0.25) is 0 Å². The highest BCUT2D eigenvalue weighted by Gasteiger charge is 2.37. The lowest BCUT2D eigenvalue weighted by atomic mass is 10.0. The molecule has 1 fully saturated rings. The van der Waals surface area contributed by atoms with E-state index < -0.39 is 23.7 Å². The first kappa shape index (κ1) is 18.6. The fraction of sp³-hybridized carbons (Fsp3) is 0.263. The van der Waals surface area contributed by atoms with Crippen LogP contribution in [0.5, 0.6) is 0 Å². The van der Waals surface area contributed by atoms with Crippen LogP contribution in [0.15, 0.2) is 53.4 Å². The highest BCUT2D eigenvalue weighted by atomic mass is 32.2. The molecule has 3 N–H and O–H groups in total. The lowest BCUT2D eigenvalue weighted by Crippen LogP contribution is -2.51. The van der Waals surface area contributed by atoms with Crippen LogP contribution in [0.25, 0.3) is 0 Å². The molecule has 0 spiro atoms. The average Bonchev–Trinajstić information content (AvgIpc) is 2.68. The maximum absolute atomic E-state index is 12.5. The van der Waals surface area contributed by atoms with Crippen LogP contribution in [-0.2, 0) is 4.74 Å². The summed E-state index contributed by atoms with van der Waals surface area (Å²) in [6.45, 7) is -0.0504. The van der Waals surface area contributed by atoms with Gasteiger partial charge in [-0.25, -0.2) is 0 Å². The topological polar surface area (TPSA) is 111 Å². The van der Waals surface area contributed by atoms with Gasteiger partial charge >= 0.3 is 0 Å². The van der Waals surface area contributed by atoms with Gasteiger partial charge in [-0.2, -0.15) is 5.26 Å². The molecule has 26 heavy (non-hydrogen) atoms. The number of hydrogen-bond donors (Lipinski definition) is 3. The quantitative estimate of drug-likeness (QED) is 0.695. The Bertz CT molecular complexity index is 815. The van der Waals surface area contributed by atoms with E-state index in [0.717, 1.165) is 4.90 Å². The van der Waals surface area contributed by atoms with Crippen molar-refractivity contribution in [2.45, 2.75) is 28.6 Å². The first-order chi connectivity index (χ1) is 12.5. The molecule has 0 aromatic heterocycles. The lowest BCUT2D eigenvalue weighted by molar-refractivity contribution is -0.161. The third-order valence-corrected chi connectivity index (χ3v) is 5.29. The molecule has 134 valence electrons. The third-order valence-electron chi connectivity index (χ3n) is 4.10. The molecule has 2 aromatic carbocycles. The van der Waals surface area contributed by atoms with E-state index in [0.29, 0.717) is 16.7 Å². The molecule has 2 aromatic rings. The molecule has 0 aliphatic carbocycles. The molecule has 0 saturated carbocycles. The van der Waals surface area contributed by atoms with Crippen LogP contribution < -0.4 is 0 Å². The van der Waals surface area contributed by atoms with Gasteiger partial charge in [0.05, 0.1) is 18.2 Å². The first-order valence-electron chi connectivity index (χ1n) is 7.97. The van der Waals surface area contributed by atoms with Gasteiger partial charge in [0.1, 0.15) is 23.7 Å². The van der Waals surface area contributed by atoms with Crippen molar-refractivity contribution in [3.63, 3.8) is 0 Å². The van der Waals surface area contributed by atoms with Gasteiger partial charge in [-0.15, -0.1) is 0 Å². The number of nitrogens with zero attached hydrogens (tertiary/aromatic N) is 1. The second-order valence-corrected chi connectivity index (χ2v) is 7.08. The van der Waals surface area contributed by atoms with Crippen molar-refractivity contribution < 1.29 is 24.9 Å². The van der Waals surface area contributed by atoms with Crippen molar-refractivity contribution in [2.75, 3.05) is 6.61 Å². The van der Waals surface area contributed by atoms with Gasteiger partial charge in [0.15, 0.2) is 5.78 Å². The van der Waals surface area contributed by atoms with Gasteiger partial charge in [-0.3, -0.25) is 4.79 Å². The molecule has 7 heteroatoms. The smallest absolute Gasteiger partial charge is 0.193 e. The van der Waals surface area contributed by atoms with E-state index in [2.05, 4.69) is 0 Å². The number of rotatable bonds is 4. The Morgan fingerprint density at radius 1 is 1.00 bits per heavy atom. The van der Waals surface area contributed by atoms with Crippen LogP contribution in [0.1, 0.15) is 21.5 Å². The molecule has 0 bridgehead atoms. The van der Waals surface area contributed by atoms with Gasteiger partial charge in [0, 0.05) is 16.0 Å². The Hall–Kier alpha value is -2.21. The summed E-state index contributed by atoms with van der Waals surface area (Å²) >= 11 is 1.21. The van der Waals surface area contributed by atoms with Crippen LogP contribution in [-0.4, -0.2) is 51.5 Å². The Morgan fingerprint density at radius 3 is 2.15 bits per heavy atom. The molecule has 1 saturated heterocycles. The number of hydrogen-bond acceptors (Lipinski definition) is 7. The zero-order valence-electron chi connectivity index (χ0n) is 13.6. The van der Waals surface area contributed by atoms with E-state index in [1.165, 1.54) is 11.8 Å². The monoisotopic (exact) mass is 371 g/mol. The Labute approximate surface area is 154 Å². The summed E-state index contributed by atoms with van der Waals surface area (Å²) < 4.78 is 5.36. The summed E-state index contributed by atoms with van der Waals surface area (Å²) in [4.78, 5) is 13.2. The van der Waals surface area contributed by atoms with E-state index in [4.69, 9.17) is 10.00 Å². The predicted octanol–water partition coefficient (Wildman–Crippen LogP) is 1.32. The molecular weight excluding hydrogens is 354 g/mol. The van der Waals surface area contributed by atoms with Gasteiger partial charge < -0.3 is 20.1 Å². The van der Waals surface area contributed by atoms with E-state index >= 15 is 0 Å². The minimum absolute atomic E-state index is 0.0504. The second-order valence-electron chi connectivity index (χ2n) is 5.91. The number of carbonyl (C=O) groups is 1. The molecule has 3 rings (SSSR count). The van der Waals surface area contributed by atoms with E-state index in [-0.39, 0.29) is 12.4 Å². The number of benzene rings is 2. The molecule has 0 unspecified atom stereocenters. The largest absolute Gasteiger partial charge is 0.388 e. The summed E-state index contributed by atoms with van der Waals surface area (Å²) in [7, 11) is 0. The average molecular weight is 371 g/mol. The third kappa shape index (κ3) is 3.96. The summed E-state index contributed by atoms with van der Waals surface area (Å²) in [6, 6.07) is 15.2. The first-order valence-corrected chi connectivity index (χ1v) is 8.85. The van der Waals surface area contributed by atoms with Gasteiger partial charge in [-0.05, 0) is 48.5 Å². The maximum Gasteiger partial charge on any atom is 0.193 e. The van der Waals surface area contributed by atoms with Crippen molar-refractivity contribution >= 4 is 17.5 Å². The zero-order valence-corrected chi connectivity index (χ0v) is 14.5. The minimum Gasteiger partial charge on any atom is -0.388 e. The molecule has 4 atom stereocenters. The van der Waals surface area contributed by atoms with Gasteiger partial charge in [-0.1, -0.05) is 11.8 Å². The minimum atomic E-state index is -1.25. The molecule has 6 nitrogen and oxygen atoms in total. The number of ketones is 1. The number of thioether (sulfide) groups is 1. The molecule has 1 heterocycles. The molecule has 0 amide bonds. The van der Waals surface area contributed by atoms with E-state index in [1.54, 1.807) is 48.5 Å². The van der Waals surface area contributed by atoms with Gasteiger partial charge in [0.25, 0.3) is 0 Å². The standard InChI is InChI=1S/C19H17NO5S/c20-9-11-1-3-12(4-2-11)16(22)13-5-7-14(8-6-13)26-19-18(24)17(23)15(21)10-25-19/h1-8,15,17-19,21,23-24H,10H2/t15-,17+,18-,19+/m1/s1. The SMILES string of the molecule is N#Cc1ccc(C(=O)c2ccc(S[C@@H]3OC[C@@H](O)[C@H](O)[C@H]3O)cc2)cc1. The van der Waals surface area contributed by atoms with Crippen LogP contribution in [0, 0.1) is 11.3 Å².